The summed E-state index contributed by atoms with van der Waals surface area (Å²) in [4.78, 5) is 4.22. The van der Waals surface area contributed by atoms with Gasteiger partial charge in [-0.1, -0.05) is 11.6 Å². The fourth-order valence-corrected chi connectivity index (χ4v) is 2.95. The Labute approximate surface area is 128 Å². The standard InChI is InChI=1S/C13H16ClN3O3S/c1-8-9(2)20-13(17-8)7-16-21(18,19)11-3-4-12(14)10(5-11)6-15/h3-5,16H,6-7,15H2,1-2H3. The van der Waals surface area contributed by atoms with Crippen LogP contribution < -0.4 is 10.5 Å². The topological polar surface area (TPSA) is 98.2 Å². The minimum atomic E-state index is -3.68. The van der Waals surface area contributed by atoms with Gasteiger partial charge in [-0.25, -0.2) is 18.1 Å². The number of aryl methyl sites for hydroxylation is 2. The van der Waals surface area contributed by atoms with E-state index < -0.39 is 10.0 Å². The number of halogens is 1. The zero-order valence-electron chi connectivity index (χ0n) is 11.7. The van der Waals surface area contributed by atoms with Crippen LogP contribution in [-0.2, 0) is 23.1 Å². The lowest BCUT2D eigenvalue weighted by atomic mass is 10.2. The summed E-state index contributed by atoms with van der Waals surface area (Å²) in [5.41, 5.74) is 6.83. The van der Waals surface area contributed by atoms with E-state index in [4.69, 9.17) is 21.8 Å². The molecule has 0 amide bonds. The highest BCUT2D eigenvalue weighted by Crippen LogP contribution is 2.20. The number of sulfonamides is 1. The first-order chi connectivity index (χ1) is 9.83. The van der Waals surface area contributed by atoms with Crippen molar-refractivity contribution in [2.45, 2.75) is 31.8 Å². The van der Waals surface area contributed by atoms with Gasteiger partial charge >= 0.3 is 0 Å². The van der Waals surface area contributed by atoms with Crippen molar-refractivity contribution < 1.29 is 12.8 Å². The summed E-state index contributed by atoms with van der Waals surface area (Å²) in [5.74, 6) is 0.989. The van der Waals surface area contributed by atoms with Crippen LogP contribution in [0.1, 0.15) is 22.9 Å². The summed E-state index contributed by atoms with van der Waals surface area (Å²) in [6.07, 6.45) is 0. The van der Waals surface area contributed by atoms with Gasteiger partial charge in [-0.05, 0) is 37.6 Å². The van der Waals surface area contributed by atoms with Crippen molar-refractivity contribution >= 4 is 21.6 Å². The Morgan fingerprint density at radius 2 is 2.10 bits per heavy atom. The minimum Gasteiger partial charge on any atom is -0.444 e. The van der Waals surface area contributed by atoms with Crippen LogP contribution in [0.5, 0.6) is 0 Å². The highest BCUT2D eigenvalue weighted by atomic mass is 35.5. The Morgan fingerprint density at radius 1 is 1.38 bits per heavy atom. The molecule has 1 aromatic heterocycles. The molecule has 21 heavy (non-hydrogen) atoms. The predicted octanol–water partition coefficient (Wildman–Crippen LogP) is 1.88. The predicted molar refractivity (Wildman–Crippen MR) is 79.3 cm³/mol. The third-order valence-corrected chi connectivity index (χ3v) is 4.80. The SMILES string of the molecule is Cc1nc(CNS(=O)(=O)c2ccc(Cl)c(CN)c2)oc1C. The average Bonchev–Trinajstić information content (AvgIpc) is 2.76. The first-order valence-corrected chi connectivity index (χ1v) is 8.10. The largest absolute Gasteiger partial charge is 0.444 e. The van der Waals surface area contributed by atoms with Crippen molar-refractivity contribution in [1.29, 1.82) is 0 Å². The summed E-state index contributed by atoms with van der Waals surface area (Å²) in [5, 5.41) is 0.440. The molecular weight excluding hydrogens is 314 g/mol. The molecule has 0 radical (unpaired) electrons. The molecule has 0 aliphatic carbocycles. The van der Waals surface area contributed by atoms with E-state index in [0.29, 0.717) is 22.2 Å². The summed E-state index contributed by atoms with van der Waals surface area (Å²) in [6.45, 7) is 3.72. The maximum absolute atomic E-state index is 12.2. The third-order valence-electron chi connectivity index (χ3n) is 3.03. The van der Waals surface area contributed by atoms with Gasteiger partial charge in [0.15, 0.2) is 0 Å². The molecule has 0 aliphatic heterocycles. The Balaban J connectivity index is 2.18. The highest BCUT2D eigenvalue weighted by Gasteiger charge is 2.17. The molecule has 1 aromatic carbocycles. The number of aromatic nitrogens is 1. The first kappa shape index (κ1) is 16.0. The molecule has 8 heteroatoms. The van der Waals surface area contributed by atoms with Crippen LogP contribution in [0.25, 0.3) is 0 Å². The minimum absolute atomic E-state index is 0.0163. The summed E-state index contributed by atoms with van der Waals surface area (Å²) in [6, 6.07) is 4.39. The highest BCUT2D eigenvalue weighted by molar-refractivity contribution is 7.89. The van der Waals surface area contributed by atoms with Gasteiger partial charge in [-0.2, -0.15) is 0 Å². The summed E-state index contributed by atoms with van der Waals surface area (Å²) < 4.78 is 32.2. The van der Waals surface area contributed by atoms with Crippen molar-refractivity contribution in [1.82, 2.24) is 9.71 Å². The maximum Gasteiger partial charge on any atom is 0.241 e. The number of oxazole rings is 1. The molecule has 0 spiro atoms. The van der Waals surface area contributed by atoms with E-state index in [-0.39, 0.29) is 18.0 Å². The fraction of sp³-hybridized carbons (Fsp3) is 0.308. The Bertz CT molecular complexity index is 737. The lowest BCUT2D eigenvalue weighted by Gasteiger charge is -2.07. The number of nitrogens with two attached hydrogens (primary N) is 1. The molecule has 2 aromatic rings. The smallest absolute Gasteiger partial charge is 0.241 e. The van der Waals surface area contributed by atoms with Crippen LogP contribution in [0.3, 0.4) is 0 Å². The van der Waals surface area contributed by atoms with Gasteiger partial charge in [0, 0.05) is 11.6 Å². The quantitative estimate of drug-likeness (QED) is 0.872. The molecule has 0 bridgehead atoms. The Hall–Kier alpha value is -1.41. The van der Waals surface area contributed by atoms with E-state index >= 15 is 0 Å². The van der Waals surface area contributed by atoms with Crippen molar-refractivity contribution in [2.75, 3.05) is 0 Å². The number of benzene rings is 1. The van der Waals surface area contributed by atoms with E-state index in [9.17, 15) is 8.42 Å². The second-order valence-electron chi connectivity index (χ2n) is 4.53. The molecule has 1 heterocycles. The van der Waals surface area contributed by atoms with E-state index in [0.717, 1.165) is 5.69 Å². The van der Waals surface area contributed by atoms with Crippen LogP contribution in [0.15, 0.2) is 27.5 Å². The second-order valence-corrected chi connectivity index (χ2v) is 6.71. The van der Waals surface area contributed by atoms with Crippen molar-refractivity contribution in [3.63, 3.8) is 0 Å². The van der Waals surface area contributed by atoms with Gasteiger partial charge in [-0.3, -0.25) is 0 Å². The lowest BCUT2D eigenvalue weighted by molar-refractivity contribution is 0.463. The fourth-order valence-electron chi connectivity index (χ4n) is 1.73. The number of hydrogen-bond donors (Lipinski definition) is 2. The molecule has 3 N–H and O–H groups in total. The molecule has 2 rings (SSSR count). The molecule has 0 aliphatic rings. The molecule has 0 fully saturated rings. The van der Waals surface area contributed by atoms with Gasteiger partial charge in [0.25, 0.3) is 0 Å². The van der Waals surface area contributed by atoms with E-state index in [1.807, 2.05) is 0 Å². The molecule has 0 atom stereocenters. The zero-order chi connectivity index (χ0) is 15.6. The van der Waals surface area contributed by atoms with Crippen molar-refractivity contribution in [3.05, 3.63) is 46.1 Å². The Morgan fingerprint density at radius 3 is 2.67 bits per heavy atom. The van der Waals surface area contributed by atoms with Crippen LogP contribution in [0.4, 0.5) is 0 Å². The second kappa shape index (κ2) is 6.15. The van der Waals surface area contributed by atoms with E-state index in [1.54, 1.807) is 13.8 Å². The van der Waals surface area contributed by atoms with Crippen LogP contribution in [-0.4, -0.2) is 13.4 Å². The van der Waals surface area contributed by atoms with E-state index in [2.05, 4.69) is 9.71 Å². The van der Waals surface area contributed by atoms with Gasteiger partial charge in [-0.15, -0.1) is 0 Å². The van der Waals surface area contributed by atoms with Gasteiger partial charge in [0.2, 0.25) is 15.9 Å². The molecule has 114 valence electrons. The third kappa shape index (κ3) is 3.62. The maximum atomic E-state index is 12.2. The average molecular weight is 330 g/mol. The first-order valence-electron chi connectivity index (χ1n) is 6.24. The van der Waals surface area contributed by atoms with Gasteiger partial charge < -0.3 is 10.2 Å². The summed E-state index contributed by atoms with van der Waals surface area (Å²) >= 11 is 5.92. The van der Waals surface area contributed by atoms with E-state index in [1.165, 1.54) is 18.2 Å². The van der Waals surface area contributed by atoms with Crippen LogP contribution in [0, 0.1) is 13.8 Å². The van der Waals surface area contributed by atoms with Crippen molar-refractivity contribution in [3.8, 4) is 0 Å². The van der Waals surface area contributed by atoms with Gasteiger partial charge in [0.1, 0.15) is 5.76 Å². The number of nitrogens with zero attached hydrogens (tertiary/aromatic N) is 1. The monoisotopic (exact) mass is 329 g/mol. The molecule has 0 saturated heterocycles. The van der Waals surface area contributed by atoms with Crippen molar-refractivity contribution in [2.24, 2.45) is 5.73 Å². The number of rotatable bonds is 5. The van der Waals surface area contributed by atoms with Gasteiger partial charge in [0.05, 0.1) is 17.1 Å². The summed E-state index contributed by atoms with van der Waals surface area (Å²) in [7, 11) is -3.68. The normalized spacial score (nSPS) is 11.8. The van der Waals surface area contributed by atoms with Crippen LogP contribution >= 0.6 is 11.6 Å². The molecule has 6 nitrogen and oxygen atoms in total. The molecular formula is C13H16ClN3O3S. The molecule has 0 unspecified atom stereocenters. The Kier molecular flexibility index (Phi) is 4.67. The van der Waals surface area contributed by atoms with Crippen LogP contribution in [0.2, 0.25) is 5.02 Å². The zero-order valence-corrected chi connectivity index (χ0v) is 13.3. The number of hydrogen-bond acceptors (Lipinski definition) is 5. The molecule has 0 saturated carbocycles. The lowest BCUT2D eigenvalue weighted by Crippen LogP contribution is -2.23. The number of nitrogens with one attached hydrogen (secondary N) is 1.